The molecule has 6 nitrogen and oxygen atoms in total. The van der Waals surface area contributed by atoms with E-state index in [1.165, 1.54) is 0 Å². The van der Waals surface area contributed by atoms with Gasteiger partial charge >= 0.3 is 5.97 Å². The summed E-state index contributed by atoms with van der Waals surface area (Å²) in [5.74, 6) is -1.41. The number of likely N-dealkylation sites (tertiary alicyclic amines) is 2. The second-order valence-corrected chi connectivity index (χ2v) is 5.82. The van der Waals surface area contributed by atoms with E-state index in [4.69, 9.17) is 5.73 Å². The van der Waals surface area contributed by atoms with Crippen LogP contribution in [0.5, 0.6) is 0 Å². The van der Waals surface area contributed by atoms with Gasteiger partial charge in [-0.2, -0.15) is 0 Å². The maximum Gasteiger partial charge on any atom is 0.309 e. The summed E-state index contributed by atoms with van der Waals surface area (Å²) in [6, 6.07) is -0.314. The molecule has 0 radical (unpaired) electrons. The minimum Gasteiger partial charge on any atom is -0.481 e. The molecule has 2 aliphatic rings. The van der Waals surface area contributed by atoms with Crippen molar-refractivity contribution in [2.24, 2.45) is 11.7 Å². The van der Waals surface area contributed by atoms with Gasteiger partial charge in [0, 0.05) is 31.7 Å². The molecule has 0 aromatic rings. The van der Waals surface area contributed by atoms with Gasteiger partial charge in [0.05, 0.1) is 12.0 Å². The zero-order chi connectivity index (χ0) is 14.2. The molecule has 0 spiro atoms. The van der Waals surface area contributed by atoms with Crippen molar-refractivity contribution >= 4 is 11.9 Å². The molecule has 1 amide bonds. The predicted molar refractivity (Wildman–Crippen MR) is 70.5 cm³/mol. The topological polar surface area (TPSA) is 86.9 Å². The van der Waals surface area contributed by atoms with Crippen LogP contribution in [0.4, 0.5) is 0 Å². The highest BCUT2D eigenvalue weighted by atomic mass is 16.4. The number of carbonyl (C=O) groups excluding carboxylic acids is 1. The third kappa shape index (κ3) is 2.74. The van der Waals surface area contributed by atoms with Crippen molar-refractivity contribution in [3.63, 3.8) is 0 Å². The lowest BCUT2D eigenvalue weighted by molar-refractivity contribution is -0.149. The minimum absolute atomic E-state index is 0.0887. The number of hydrogen-bond donors (Lipinski definition) is 2. The second kappa shape index (κ2) is 5.46. The van der Waals surface area contributed by atoms with E-state index in [2.05, 4.69) is 18.7 Å². The summed E-state index contributed by atoms with van der Waals surface area (Å²) in [7, 11) is 0. The molecule has 19 heavy (non-hydrogen) atoms. The molecular weight excluding hydrogens is 246 g/mol. The SMILES string of the molecule is CC(C)N1CCC(N2CC[C@H](N)C2=O)C(C(=O)O)C1. The molecule has 2 heterocycles. The van der Waals surface area contributed by atoms with E-state index in [9.17, 15) is 14.7 Å². The fraction of sp³-hybridized carbons (Fsp3) is 0.846. The van der Waals surface area contributed by atoms with Gasteiger partial charge in [0.25, 0.3) is 0 Å². The summed E-state index contributed by atoms with van der Waals surface area (Å²) in [4.78, 5) is 27.3. The molecule has 108 valence electrons. The number of nitrogens with zero attached hydrogens (tertiary/aromatic N) is 2. The first kappa shape index (κ1) is 14.3. The molecule has 0 aliphatic carbocycles. The maximum atomic E-state index is 12.0. The Bertz CT molecular complexity index is 372. The molecule has 2 unspecified atom stereocenters. The van der Waals surface area contributed by atoms with E-state index in [1.54, 1.807) is 4.90 Å². The van der Waals surface area contributed by atoms with Crippen LogP contribution in [0.25, 0.3) is 0 Å². The minimum atomic E-state index is -0.816. The van der Waals surface area contributed by atoms with E-state index < -0.39 is 17.9 Å². The number of carboxylic acid groups (broad SMARTS) is 1. The van der Waals surface area contributed by atoms with Crippen molar-refractivity contribution in [3.05, 3.63) is 0 Å². The molecule has 3 N–H and O–H groups in total. The molecule has 2 saturated heterocycles. The number of carboxylic acids is 1. The standard InChI is InChI=1S/C13H23N3O3/c1-8(2)15-5-4-11(9(7-15)13(18)19)16-6-3-10(14)12(16)17/h8-11H,3-7,14H2,1-2H3,(H,18,19)/t9?,10-,11?/m0/s1. The van der Waals surface area contributed by atoms with E-state index >= 15 is 0 Å². The van der Waals surface area contributed by atoms with Crippen LogP contribution in [0.2, 0.25) is 0 Å². The number of aliphatic carboxylic acids is 1. The molecule has 0 aromatic heterocycles. The number of amides is 1. The number of nitrogens with two attached hydrogens (primary N) is 1. The van der Waals surface area contributed by atoms with Crippen molar-refractivity contribution in [2.45, 2.75) is 44.8 Å². The third-order valence-electron chi connectivity index (χ3n) is 4.34. The lowest BCUT2D eigenvalue weighted by atomic mass is 9.90. The summed E-state index contributed by atoms with van der Waals surface area (Å²) in [5.41, 5.74) is 5.72. The molecule has 0 bridgehead atoms. The van der Waals surface area contributed by atoms with Gasteiger partial charge in [0.2, 0.25) is 5.91 Å². The van der Waals surface area contributed by atoms with Crippen LogP contribution in [-0.4, -0.2) is 64.5 Å². The number of piperidine rings is 1. The second-order valence-electron chi connectivity index (χ2n) is 5.82. The van der Waals surface area contributed by atoms with Crippen LogP contribution >= 0.6 is 0 Å². The highest BCUT2D eigenvalue weighted by molar-refractivity contribution is 5.85. The Morgan fingerprint density at radius 2 is 2.05 bits per heavy atom. The van der Waals surface area contributed by atoms with Crippen molar-refractivity contribution in [1.29, 1.82) is 0 Å². The van der Waals surface area contributed by atoms with Gasteiger partial charge in [0.15, 0.2) is 0 Å². The maximum absolute atomic E-state index is 12.0. The fourth-order valence-corrected chi connectivity index (χ4v) is 3.10. The van der Waals surface area contributed by atoms with Crippen molar-refractivity contribution in [2.75, 3.05) is 19.6 Å². The lowest BCUT2D eigenvalue weighted by Gasteiger charge is -2.42. The first-order valence-corrected chi connectivity index (χ1v) is 6.94. The smallest absolute Gasteiger partial charge is 0.309 e. The van der Waals surface area contributed by atoms with Gasteiger partial charge in [-0.25, -0.2) is 0 Å². The average molecular weight is 269 g/mol. The van der Waals surface area contributed by atoms with E-state index in [0.717, 1.165) is 6.54 Å². The van der Waals surface area contributed by atoms with Crippen LogP contribution in [-0.2, 0) is 9.59 Å². The third-order valence-corrected chi connectivity index (χ3v) is 4.34. The normalized spacial score (nSPS) is 33.2. The Balaban J connectivity index is 2.12. The van der Waals surface area contributed by atoms with Gasteiger partial charge in [-0.1, -0.05) is 0 Å². The monoisotopic (exact) mass is 269 g/mol. The van der Waals surface area contributed by atoms with Gasteiger partial charge in [-0.15, -0.1) is 0 Å². The first-order valence-electron chi connectivity index (χ1n) is 6.94. The van der Waals surface area contributed by atoms with Gasteiger partial charge in [-0.05, 0) is 26.7 Å². The van der Waals surface area contributed by atoms with E-state index in [1.807, 2.05) is 0 Å². The average Bonchev–Trinajstić information content (AvgIpc) is 2.69. The van der Waals surface area contributed by atoms with Crippen LogP contribution in [0, 0.1) is 5.92 Å². The zero-order valence-corrected chi connectivity index (χ0v) is 11.6. The Labute approximate surface area is 113 Å². The molecule has 2 fully saturated rings. The van der Waals surface area contributed by atoms with E-state index in [0.29, 0.717) is 32.0 Å². The Morgan fingerprint density at radius 1 is 1.37 bits per heavy atom. The summed E-state index contributed by atoms with van der Waals surface area (Å²) < 4.78 is 0. The highest BCUT2D eigenvalue weighted by Gasteiger charge is 2.43. The Hall–Kier alpha value is -1.14. The Morgan fingerprint density at radius 3 is 2.53 bits per heavy atom. The molecule has 2 rings (SSSR count). The van der Waals surface area contributed by atoms with Gasteiger partial charge in [0.1, 0.15) is 0 Å². The largest absolute Gasteiger partial charge is 0.481 e. The molecule has 0 saturated carbocycles. The zero-order valence-electron chi connectivity index (χ0n) is 11.6. The number of carbonyl (C=O) groups is 2. The summed E-state index contributed by atoms with van der Waals surface area (Å²) in [6.45, 7) is 6.07. The molecule has 0 aromatic carbocycles. The fourth-order valence-electron chi connectivity index (χ4n) is 3.10. The van der Waals surface area contributed by atoms with Crippen LogP contribution < -0.4 is 5.73 Å². The predicted octanol–water partition coefficient (Wildman–Crippen LogP) is -0.270. The van der Waals surface area contributed by atoms with Crippen molar-refractivity contribution in [3.8, 4) is 0 Å². The van der Waals surface area contributed by atoms with Crippen molar-refractivity contribution in [1.82, 2.24) is 9.80 Å². The quantitative estimate of drug-likeness (QED) is 0.736. The first-order chi connectivity index (χ1) is 8.91. The summed E-state index contributed by atoms with van der Waals surface area (Å²) in [5, 5.41) is 9.42. The lowest BCUT2D eigenvalue weighted by Crippen LogP contribution is -2.56. The highest BCUT2D eigenvalue weighted by Crippen LogP contribution is 2.27. The molecular formula is C13H23N3O3. The van der Waals surface area contributed by atoms with Gasteiger partial charge < -0.3 is 15.7 Å². The van der Waals surface area contributed by atoms with Crippen molar-refractivity contribution < 1.29 is 14.7 Å². The van der Waals surface area contributed by atoms with Crippen LogP contribution in [0.1, 0.15) is 26.7 Å². The van der Waals surface area contributed by atoms with E-state index in [-0.39, 0.29) is 11.9 Å². The summed E-state index contributed by atoms with van der Waals surface area (Å²) >= 11 is 0. The molecule has 3 atom stereocenters. The summed E-state index contributed by atoms with van der Waals surface area (Å²) in [6.07, 6.45) is 1.35. The molecule has 2 aliphatic heterocycles. The Kier molecular flexibility index (Phi) is 4.10. The van der Waals surface area contributed by atoms with Gasteiger partial charge in [-0.3, -0.25) is 14.5 Å². The van der Waals surface area contributed by atoms with Crippen LogP contribution in [0.15, 0.2) is 0 Å². The number of rotatable bonds is 3. The molecule has 6 heteroatoms. The number of hydrogen-bond acceptors (Lipinski definition) is 4. The van der Waals surface area contributed by atoms with Crippen LogP contribution in [0.3, 0.4) is 0 Å².